The zero-order chi connectivity index (χ0) is 15.4. The zero-order valence-electron chi connectivity index (χ0n) is 12.4. The molecule has 0 saturated heterocycles. The van der Waals surface area contributed by atoms with Crippen molar-refractivity contribution in [1.29, 1.82) is 0 Å². The van der Waals surface area contributed by atoms with Crippen LogP contribution in [0.5, 0.6) is 0 Å². The molecular formula is C17H18N4O. The molecule has 0 fully saturated rings. The molecule has 0 aliphatic carbocycles. The normalized spacial score (nSPS) is 10.6. The number of rotatable bonds is 4. The number of nitrogens with one attached hydrogen (secondary N) is 2. The van der Waals surface area contributed by atoms with E-state index in [1.807, 2.05) is 60.1 Å². The Bertz CT molecular complexity index is 780. The number of aromatic nitrogens is 2. The highest BCUT2D eigenvalue weighted by molar-refractivity contribution is 5.77. The first-order chi connectivity index (χ1) is 10.7. The molecule has 0 atom stereocenters. The molecular weight excluding hydrogens is 276 g/mol. The topological polar surface area (TPSA) is 59.0 Å². The molecule has 0 radical (unpaired) electrons. The lowest BCUT2D eigenvalue weighted by molar-refractivity contribution is 0.240. The first kappa shape index (κ1) is 14.1. The molecule has 3 rings (SSSR count). The highest BCUT2D eigenvalue weighted by Gasteiger charge is 2.03. The van der Waals surface area contributed by atoms with Crippen LogP contribution in [0.15, 0.2) is 54.9 Å². The van der Waals surface area contributed by atoms with Gasteiger partial charge in [-0.2, -0.15) is 0 Å². The summed E-state index contributed by atoms with van der Waals surface area (Å²) in [5, 5.41) is 5.70. The maximum absolute atomic E-state index is 11.8. The second-order valence-electron chi connectivity index (χ2n) is 5.20. The minimum Gasteiger partial charge on any atom is -0.334 e. The third-order valence-corrected chi connectivity index (χ3v) is 3.54. The molecule has 1 heterocycles. The van der Waals surface area contributed by atoms with E-state index in [-0.39, 0.29) is 6.03 Å². The van der Waals surface area contributed by atoms with Gasteiger partial charge in [-0.15, -0.1) is 0 Å². The summed E-state index contributed by atoms with van der Waals surface area (Å²) < 4.78 is 1.97. The lowest BCUT2D eigenvalue weighted by Gasteiger charge is -2.08. The largest absolute Gasteiger partial charge is 0.334 e. The summed E-state index contributed by atoms with van der Waals surface area (Å²) >= 11 is 0. The predicted octanol–water partition coefficient (Wildman–Crippen LogP) is 2.57. The van der Waals surface area contributed by atoms with E-state index in [1.54, 1.807) is 6.33 Å². The van der Waals surface area contributed by atoms with E-state index < -0.39 is 0 Å². The summed E-state index contributed by atoms with van der Waals surface area (Å²) in [6.07, 6.45) is 1.79. The van der Waals surface area contributed by atoms with Gasteiger partial charge < -0.3 is 15.2 Å². The molecule has 0 aliphatic heterocycles. The predicted molar refractivity (Wildman–Crippen MR) is 86.2 cm³/mol. The lowest BCUT2D eigenvalue weighted by atomic mass is 10.2. The fraction of sp³-hybridized carbons (Fsp3) is 0.176. The van der Waals surface area contributed by atoms with Crippen molar-refractivity contribution in [1.82, 2.24) is 20.2 Å². The average molecular weight is 294 g/mol. The van der Waals surface area contributed by atoms with Crippen molar-refractivity contribution in [2.45, 2.75) is 13.1 Å². The van der Waals surface area contributed by atoms with Gasteiger partial charge in [0.15, 0.2) is 0 Å². The Morgan fingerprint density at radius 1 is 1.05 bits per heavy atom. The zero-order valence-corrected chi connectivity index (χ0v) is 12.4. The Kier molecular flexibility index (Phi) is 4.05. The molecule has 2 N–H and O–H groups in total. The highest BCUT2D eigenvalue weighted by Crippen LogP contribution is 2.13. The van der Waals surface area contributed by atoms with Crippen LogP contribution in [-0.4, -0.2) is 15.6 Å². The van der Waals surface area contributed by atoms with E-state index in [4.69, 9.17) is 0 Å². The molecule has 5 nitrogen and oxygen atoms in total. The molecule has 22 heavy (non-hydrogen) atoms. The van der Waals surface area contributed by atoms with E-state index >= 15 is 0 Å². The van der Waals surface area contributed by atoms with Crippen molar-refractivity contribution in [2.24, 2.45) is 7.05 Å². The average Bonchev–Trinajstić information content (AvgIpc) is 2.93. The van der Waals surface area contributed by atoms with E-state index in [0.717, 1.165) is 22.2 Å². The van der Waals surface area contributed by atoms with E-state index in [9.17, 15) is 4.79 Å². The third kappa shape index (κ3) is 3.25. The van der Waals surface area contributed by atoms with Crippen LogP contribution in [-0.2, 0) is 20.1 Å². The van der Waals surface area contributed by atoms with Crippen LogP contribution in [0.4, 0.5) is 4.79 Å². The molecule has 0 aliphatic rings. The molecule has 5 heteroatoms. The van der Waals surface area contributed by atoms with Gasteiger partial charge in [0.05, 0.1) is 17.4 Å². The lowest BCUT2D eigenvalue weighted by Crippen LogP contribution is -2.34. The summed E-state index contributed by atoms with van der Waals surface area (Å²) in [5.41, 5.74) is 4.12. The minimum atomic E-state index is -0.176. The number of fused-ring (bicyclic) bond motifs is 1. The van der Waals surface area contributed by atoms with Gasteiger partial charge in [-0.1, -0.05) is 36.4 Å². The number of aryl methyl sites for hydroxylation is 1. The second kappa shape index (κ2) is 6.30. The van der Waals surface area contributed by atoms with Gasteiger partial charge in [-0.3, -0.25) is 0 Å². The third-order valence-electron chi connectivity index (χ3n) is 3.54. The van der Waals surface area contributed by atoms with E-state index in [1.165, 1.54) is 0 Å². The summed E-state index contributed by atoms with van der Waals surface area (Å²) in [4.78, 5) is 16.1. The monoisotopic (exact) mass is 294 g/mol. The Morgan fingerprint density at radius 2 is 1.77 bits per heavy atom. The number of nitrogens with zero attached hydrogens (tertiary/aromatic N) is 2. The molecule has 0 spiro atoms. The molecule has 2 aromatic carbocycles. The number of amides is 2. The quantitative estimate of drug-likeness (QED) is 0.777. The standard InChI is InChI=1S/C17H18N4O/c1-21-12-20-15-9-14(7-8-16(15)21)11-19-17(22)18-10-13-5-3-2-4-6-13/h2-9,12H,10-11H2,1H3,(H2,18,19,22). The van der Waals surface area contributed by atoms with Gasteiger partial charge in [0.2, 0.25) is 0 Å². The van der Waals surface area contributed by atoms with Gasteiger partial charge in [0, 0.05) is 20.1 Å². The van der Waals surface area contributed by atoms with Crippen molar-refractivity contribution in [3.05, 3.63) is 66.0 Å². The fourth-order valence-corrected chi connectivity index (χ4v) is 2.31. The maximum atomic E-state index is 11.8. The first-order valence-corrected chi connectivity index (χ1v) is 7.18. The molecule has 0 saturated carbocycles. The molecule has 112 valence electrons. The summed E-state index contributed by atoms with van der Waals surface area (Å²) in [6, 6.07) is 15.7. The van der Waals surface area contributed by atoms with Crippen molar-refractivity contribution in [3.8, 4) is 0 Å². The van der Waals surface area contributed by atoms with Crippen LogP contribution in [0.25, 0.3) is 11.0 Å². The second-order valence-corrected chi connectivity index (χ2v) is 5.20. The SMILES string of the molecule is Cn1cnc2cc(CNC(=O)NCc3ccccc3)ccc21. The minimum absolute atomic E-state index is 0.176. The summed E-state index contributed by atoms with van der Waals surface area (Å²) in [6.45, 7) is 0.999. The van der Waals surface area contributed by atoms with Gasteiger partial charge in [-0.05, 0) is 23.3 Å². The Morgan fingerprint density at radius 3 is 2.55 bits per heavy atom. The summed E-state index contributed by atoms with van der Waals surface area (Å²) in [5.74, 6) is 0. The van der Waals surface area contributed by atoms with Gasteiger partial charge in [0.25, 0.3) is 0 Å². The first-order valence-electron chi connectivity index (χ1n) is 7.18. The number of carbonyl (C=O) groups is 1. The highest BCUT2D eigenvalue weighted by atomic mass is 16.2. The maximum Gasteiger partial charge on any atom is 0.315 e. The van der Waals surface area contributed by atoms with Crippen LogP contribution in [0.1, 0.15) is 11.1 Å². The van der Waals surface area contributed by atoms with Crippen molar-refractivity contribution >= 4 is 17.1 Å². The van der Waals surface area contributed by atoms with E-state index in [2.05, 4.69) is 15.6 Å². The number of imidazole rings is 1. The van der Waals surface area contributed by atoms with Gasteiger partial charge in [0.1, 0.15) is 0 Å². The van der Waals surface area contributed by atoms with Gasteiger partial charge >= 0.3 is 6.03 Å². The van der Waals surface area contributed by atoms with Crippen LogP contribution >= 0.6 is 0 Å². The molecule has 3 aromatic rings. The Balaban J connectivity index is 1.53. The Hall–Kier alpha value is -2.82. The van der Waals surface area contributed by atoms with Crippen molar-refractivity contribution in [2.75, 3.05) is 0 Å². The van der Waals surface area contributed by atoms with Crippen LogP contribution in [0.3, 0.4) is 0 Å². The smallest absolute Gasteiger partial charge is 0.315 e. The van der Waals surface area contributed by atoms with Crippen LogP contribution in [0.2, 0.25) is 0 Å². The molecule has 0 unspecified atom stereocenters. The molecule has 0 bridgehead atoms. The van der Waals surface area contributed by atoms with Crippen molar-refractivity contribution in [3.63, 3.8) is 0 Å². The summed E-state index contributed by atoms with van der Waals surface area (Å²) in [7, 11) is 1.96. The molecule has 2 amide bonds. The molecule has 1 aromatic heterocycles. The Labute approximate surface area is 129 Å². The number of carbonyl (C=O) groups excluding carboxylic acids is 1. The number of urea groups is 1. The number of benzene rings is 2. The number of hydrogen-bond acceptors (Lipinski definition) is 2. The number of hydrogen-bond donors (Lipinski definition) is 2. The van der Waals surface area contributed by atoms with Gasteiger partial charge in [-0.25, -0.2) is 9.78 Å². The van der Waals surface area contributed by atoms with Crippen LogP contribution < -0.4 is 10.6 Å². The van der Waals surface area contributed by atoms with Crippen LogP contribution in [0, 0.1) is 0 Å². The fourth-order valence-electron chi connectivity index (χ4n) is 2.31. The van der Waals surface area contributed by atoms with E-state index in [0.29, 0.717) is 13.1 Å². The van der Waals surface area contributed by atoms with Crippen molar-refractivity contribution < 1.29 is 4.79 Å².